The number of nitrogens with two attached hydrogens (primary N) is 1. The zero-order valence-corrected chi connectivity index (χ0v) is 17.4. The quantitative estimate of drug-likeness (QED) is 0.200. The van der Waals surface area contributed by atoms with Gasteiger partial charge in [-0.25, -0.2) is 4.79 Å². The molecule has 0 aromatic heterocycles. The predicted molar refractivity (Wildman–Crippen MR) is 104 cm³/mol. The minimum atomic E-state index is -4.37. The summed E-state index contributed by atoms with van der Waals surface area (Å²) >= 11 is 0. The van der Waals surface area contributed by atoms with Crippen LogP contribution < -0.4 is 5.73 Å². The summed E-state index contributed by atoms with van der Waals surface area (Å²) in [4.78, 5) is 58.2. The zero-order valence-electron chi connectivity index (χ0n) is 16.5. The van der Waals surface area contributed by atoms with Crippen molar-refractivity contribution in [1.29, 1.82) is 0 Å². The Balaban J connectivity index is 3.03. The Kier molecular flexibility index (Phi) is 10.8. The Hall–Kier alpha value is -1.64. The van der Waals surface area contributed by atoms with Gasteiger partial charge in [-0.2, -0.15) is 0 Å². The van der Waals surface area contributed by atoms with Gasteiger partial charge in [-0.15, -0.1) is 0 Å². The monoisotopic (exact) mass is 455 g/mol. The fraction of sp³-hybridized carbons (Fsp3) is 0.800. The van der Waals surface area contributed by atoms with E-state index in [1.807, 2.05) is 0 Å². The van der Waals surface area contributed by atoms with Gasteiger partial charge in [-0.05, 0) is 0 Å². The molecule has 0 aromatic carbocycles. The Morgan fingerprint density at radius 3 is 1.47 bits per heavy atom. The van der Waals surface area contributed by atoms with Crippen molar-refractivity contribution in [2.24, 2.45) is 5.73 Å². The molecule has 1 saturated heterocycles. The molecule has 1 unspecified atom stereocenters. The van der Waals surface area contributed by atoms with Crippen molar-refractivity contribution < 1.29 is 44.1 Å². The molecular weight excluding hydrogens is 425 g/mol. The third-order valence-electron chi connectivity index (χ3n) is 4.62. The van der Waals surface area contributed by atoms with Crippen LogP contribution in [0.25, 0.3) is 0 Å². The summed E-state index contributed by atoms with van der Waals surface area (Å²) in [6, 6.07) is 0. The predicted octanol–water partition coefficient (Wildman–Crippen LogP) is -3.12. The third kappa shape index (κ3) is 10.9. The summed E-state index contributed by atoms with van der Waals surface area (Å²) < 4.78 is 11.4. The minimum absolute atomic E-state index is 0.125. The first-order valence-electron chi connectivity index (χ1n) is 9.25. The maximum Gasteiger partial charge on any atom is 0.339 e. The van der Waals surface area contributed by atoms with E-state index in [1.165, 1.54) is 19.6 Å². The van der Waals surface area contributed by atoms with Crippen molar-refractivity contribution in [1.82, 2.24) is 19.6 Å². The van der Waals surface area contributed by atoms with Crippen LogP contribution in [-0.4, -0.2) is 141 Å². The highest BCUT2D eigenvalue weighted by molar-refractivity contribution is 7.51. The van der Waals surface area contributed by atoms with Crippen molar-refractivity contribution in [3.8, 4) is 0 Å². The van der Waals surface area contributed by atoms with Crippen LogP contribution in [0.15, 0.2) is 0 Å². The van der Waals surface area contributed by atoms with Gasteiger partial charge in [-0.3, -0.25) is 33.8 Å². The van der Waals surface area contributed by atoms with Crippen LogP contribution in [0, 0.1) is 0 Å². The van der Waals surface area contributed by atoms with Crippen molar-refractivity contribution >= 4 is 25.5 Å². The smallest absolute Gasteiger partial charge is 0.339 e. The molecule has 1 fully saturated rings. The van der Waals surface area contributed by atoms with Crippen LogP contribution in [-0.2, 0) is 18.9 Å². The summed E-state index contributed by atoms with van der Waals surface area (Å²) in [6.07, 6.45) is -1.87. The molecule has 1 rings (SSSR count). The molecule has 1 aliphatic heterocycles. The average molecular weight is 455 g/mol. The molecule has 0 aromatic rings. The van der Waals surface area contributed by atoms with Crippen LogP contribution in [0.5, 0.6) is 0 Å². The van der Waals surface area contributed by atoms with E-state index in [4.69, 9.17) is 15.9 Å². The van der Waals surface area contributed by atoms with E-state index >= 15 is 0 Å². The van der Waals surface area contributed by atoms with Gasteiger partial charge in [-0.1, -0.05) is 0 Å². The average Bonchev–Trinajstić information content (AvgIpc) is 2.59. The second-order valence-corrected chi connectivity index (χ2v) is 8.70. The zero-order chi connectivity index (χ0) is 22.9. The summed E-state index contributed by atoms with van der Waals surface area (Å²) in [5, 5.41) is 27.5. The van der Waals surface area contributed by atoms with Gasteiger partial charge in [0.1, 0.15) is 6.29 Å². The van der Waals surface area contributed by atoms with E-state index < -0.39 is 38.0 Å². The molecule has 0 bridgehead atoms. The Morgan fingerprint density at radius 1 is 0.767 bits per heavy atom. The van der Waals surface area contributed by atoms with E-state index in [9.17, 15) is 33.8 Å². The third-order valence-corrected chi connectivity index (χ3v) is 5.39. The number of carboxylic acids is 3. The normalized spacial score (nSPS) is 20.8. The highest BCUT2D eigenvalue weighted by Crippen LogP contribution is 2.34. The largest absolute Gasteiger partial charge is 0.480 e. The lowest BCUT2D eigenvalue weighted by atomic mass is 10.3. The van der Waals surface area contributed by atoms with E-state index in [0.717, 1.165) is 0 Å². The molecule has 0 radical (unpaired) electrons. The van der Waals surface area contributed by atoms with Gasteiger partial charge in [0.15, 0.2) is 6.17 Å². The van der Waals surface area contributed by atoms with Crippen molar-refractivity contribution in [3.63, 3.8) is 0 Å². The molecule has 7 N–H and O–H groups in total. The number of carbonyl (C=O) groups is 3. The van der Waals surface area contributed by atoms with Gasteiger partial charge in [0.05, 0.1) is 13.1 Å². The first-order chi connectivity index (χ1) is 13.9. The van der Waals surface area contributed by atoms with Crippen LogP contribution in [0.1, 0.15) is 0 Å². The molecule has 1 atom stereocenters. The van der Waals surface area contributed by atoms with Gasteiger partial charge in [0, 0.05) is 52.4 Å². The lowest BCUT2D eigenvalue weighted by molar-refractivity contribution is -0.144. The maximum absolute atomic E-state index is 11.4. The van der Waals surface area contributed by atoms with Gasteiger partial charge in [0.25, 0.3) is 0 Å². The standard InChI is InChI=1S/C15H30N5O9P/c16-14(15(25)26)20-7-5-17(9-12(21)22)1-3-19(11-30(27,28)29)4-2-18(6-8-20)10-13(23)24/h14H,1-11,16H2,(H,21,22)(H,23,24)(H,25,26)(H2,27,28,29). The minimum Gasteiger partial charge on any atom is -0.480 e. The fourth-order valence-electron chi connectivity index (χ4n) is 3.09. The summed E-state index contributed by atoms with van der Waals surface area (Å²) in [7, 11) is -4.37. The molecular formula is C15H30N5O9P. The summed E-state index contributed by atoms with van der Waals surface area (Å²) in [5.41, 5.74) is 5.72. The Bertz CT molecular complexity index is 614. The lowest BCUT2D eigenvalue weighted by Gasteiger charge is -2.34. The maximum atomic E-state index is 11.4. The van der Waals surface area contributed by atoms with E-state index in [-0.39, 0.29) is 65.4 Å². The molecule has 14 nitrogen and oxygen atoms in total. The fourth-order valence-corrected chi connectivity index (χ4v) is 3.89. The molecule has 0 saturated carbocycles. The highest BCUT2D eigenvalue weighted by atomic mass is 31.2. The number of aliphatic carboxylic acids is 3. The van der Waals surface area contributed by atoms with Crippen molar-refractivity contribution in [2.45, 2.75) is 6.17 Å². The Morgan fingerprint density at radius 2 is 1.13 bits per heavy atom. The molecule has 1 heterocycles. The van der Waals surface area contributed by atoms with Crippen molar-refractivity contribution in [2.75, 3.05) is 71.7 Å². The molecule has 0 amide bonds. The first kappa shape index (κ1) is 26.4. The Labute approximate surface area is 173 Å². The molecule has 30 heavy (non-hydrogen) atoms. The van der Waals surface area contributed by atoms with Crippen LogP contribution in [0.3, 0.4) is 0 Å². The second-order valence-electron chi connectivity index (χ2n) is 7.08. The number of nitrogens with zero attached hydrogens (tertiary/aromatic N) is 4. The SMILES string of the molecule is NC(C(=O)O)N1CCN(CC(=O)O)CCN(CP(=O)(O)O)CCN(CC(=O)O)CC1. The van der Waals surface area contributed by atoms with E-state index in [0.29, 0.717) is 0 Å². The first-order valence-corrected chi connectivity index (χ1v) is 11.0. The molecule has 15 heteroatoms. The number of carboxylic acid groups (broad SMARTS) is 3. The van der Waals surface area contributed by atoms with Gasteiger partial charge >= 0.3 is 25.5 Å². The molecule has 0 aliphatic carbocycles. The molecule has 1 aliphatic rings. The summed E-state index contributed by atoms with van der Waals surface area (Å²) in [5.74, 6) is -3.44. The lowest BCUT2D eigenvalue weighted by Crippen LogP contribution is -2.54. The molecule has 0 spiro atoms. The number of hydrogen-bond donors (Lipinski definition) is 6. The van der Waals surface area contributed by atoms with Crippen molar-refractivity contribution in [3.05, 3.63) is 0 Å². The van der Waals surface area contributed by atoms with Crippen LogP contribution >= 0.6 is 7.60 Å². The van der Waals surface area contributed by atoms with E-state index in [2.05, 4.69) is 0 Å². The van der Waals surface area contributed by atoms with E-state index in [1.54, 1.807) is 0 Å². The van der Waals surface area contributed by atoms with Crippen LogP contribution in [0.2, 0.25) is 0 Å². The molecule has 174 valence electrons. The highest BCUT2D eigenvalue weighted by Gasteiger charge is 2.26. The van der Waals surface area contributed by atoms with Crippen LogP contribution in [0.4, 0.5) is 0 Å². The summed E-state index contributed by atoms with van der Waals surface area (Å²) in [6.45, 7) is 0.541. The number of rotatable bonds is 8. The van der Waals surface area contributed by atoms with Gasteiger partial charge < -0.3 is 30.8 Å². The topological polar surface area (TPSA) is 208 Å². The second kappa shape index (κ2) is 12.3. The van der Waals surface area contributed by atoms with Gasteiger partial charge in [0.2, 0.25) is 0 Å². The number of hydrogen-bond acceptors (Lipinski definition) is 9.